The van der Waals surface area contributed by atoms with E-state index in [-0.39, 0.29) is 10.8 Å². The molecule has 0 N–H and O–H groups in total. The number of hydrogen-bond acceptors (Lipinski definition) is 0. The van der Waals surface area contributed by atoms with Crippen molar-refractivity contribution in [3.05, 3.63) is 180 Å². The van der Waals surface area contributed by atoms with Gasteiger partial charge in [-0.15, -0.1) is 0 Å². The maximum absolute atomic E-state index is 2.83. The Hall–Kier alpha value is -6.50. The molecule has 0 unspecified atom stereocenters. The summed E-state index contributed by atoms with van der Waals surface area (Å²) in [7, 11) is 0. The third kappa shape index (κ3) is 7.97. The second-order valence-electron chi connectivity index (χ2n) is 23.8. The van der Waals surface area contributed by atoms with Gasteiger partial charge in [0.2, 0.25) is 0 Å². The first-order valence-electron chi connectivity index (χ1n) is 30.3. The number of hydrogen-bond donors (Lipinski definition) is 0. The summed E-state index contributed by atoms with van der Waals surface area (Å²) in [6.45, 7) is 9.49. The van der Waals surface area contributed by atoms with Gasteiger partial charge in [0.25, 0.3) is 0 Å². The zero-order valence-electron chi connectivity index (χ0n) is 46.2. The molecule has 0 aromatic heterocycles. The van der Waals surface area contributed by atoms with Crippen LogP contribution >= 0.6 is 0 Å². The summed E-state index contributed by atoms with van der Waals surface area (Å²) >= 11 is 0. The van der Waals surface area contributed by atoms with E-state index in [0.717, 1.165) is 0 Å². The van der Waals surface area contributed by atoms with E-state index >= 15 is 0 Å². The van der Waals surface area contributed by atoms with Crippen molar-refractivity contribution in [1.29, 1.82) is 0 Å². The Balaban J connectivity index is 1.02. The fourth-order valence-corrected chi connectivity index (χ4v) is 15.5. The molecular formula is C76H78. The molecule has 2 aliphatic rings. The van der Waals surface area contributed by atoms with Gasteiger partial charge in [-0.05, 0) is 181 Å². The van der Waals surface area contributed by atoms with E-state index in [1.165, 1.54) is 238 Å². The summed E-state index contributed by atoms with van der Waals surface area (Å²) in [5, 5.41) is 16.4. The minimum absolute atomic E-state index is 0.0453. The van der Waals surface area contributed by atoms with Crippen LogP contribution in [0.3, 0.4) is 0 Å². The Morgan fingerprint density at radius 3 is 0.908 bits per heavy atom. The van der Waals surface area contributed by atoms with Crippen LogP contribution in [0.4, 0.5) is 0 Å². The molecule has 0 heterocycles. The average molecular weight is 991 g/mol. The van der Waals surface area contributed by atoms with Crippen LogP contribution in [0.25, 0.3) is 109 Å². The normalized spacial score (nSPS) is 14.3. The predicted octanol–water partition coefficient (Wildman–Crippen LogP) is 23.2. The van der Waals surface area contributed by atoms with E-state index < -0.39 is 0 Å². The summed E-state index contributed by atoms with van der Waals surface area (Å²) in [6.07, 6.45) is 25.3. The van der Waals surface area contributed by atoms with Crippen molar-refractivity contribution in [2.45, 2.75) is 167 Å². The first kappa shape index (κ1) is 49.1. The van der Waals surface area contributed by atoms with Crippen LogP contribution in [-0.2, 0) is 10.8 Å². The molecular weight excluding hydrogens is 913 g/mol. The molecule has 0 saturated heterocycles. The van der Waals surface area contributed by atoms with Crippen molar-refractivity contribution in [3.8, 4) is 44.5 Å². The lowest BCUT2D eigenvalue weighted by atomic mass is 9.68. The van der Waals surface area contributed by atoms with Gasteiger partial charge in [-0.25, -0.2) is 0 Å². The van der Waals surface area contributed by atoms with Gasteiger partial charge in [0.15, 0.2) is 0 Å². The smallest absolute Gasteiger partial charge is 0.0215 e. The van der Waals surface area contributed by atoms with Gasteiger partial charge < -0.3 is 0 Å². The Kier molecular flexibility index (Phi) is 13.2. The summed E-state index contributed by atoms with van der Waals surface area (Å²) in [5.41, 5.74) is 17.9. The Bertz CT molecular complexity index is 3590. The van der Waals surface area contributed by atoms with Crippen molar-refractivity contribution >= 4 is 64.6 Å². The number of fused-ring (bicyclic) bond motifs is 6. The van der Waals surface area contributed by atoms with Gasteiger partial charge in [-0.3, -0.25) is 0 Å². The molecule has 0 heteroatoms. The van der Waals surface area contributed by atoms with E-state index in [1.54, 1.807) is 22.3 Å². The van der Waals surface area contributed by atoms with Crippen molar-refractivity contribution in [2.24, 2.45) is 0 Å². The summed E-state index contributed by atoms with van der Waals surface area (Å²) in [6, 6.07) is 63.4. The van der Waals surface area contributed by atoms with Crippen LogP contribution in [-0.4, -0.2) is 0 Å². The van der Waals surface area contributed by atoms with Crippen LogP contribution in [0.2, 0.25) is 0 Å². The van der Waals surface area contributed by atoms with E-state index in [1.807, 2.05) is 0 Å². The highest BCUT2D eigenvalue weighted by atomic mass is 14.5. The SMILES string of the molecule is CCCCCCC1(CCCCCC)c2cc(-c3ccc4ccc5cccc6ccc3c4c56)ccc2-c2cc3c(cc21)-c1ccc(-c2ccc4ccc5cccc6ccc2c4c56)cc1C3(CCCCCC)CCCCCC. The molecule has 76 heavy (non-hydrogen) atoms. The van der Waals surface area contributed by atoms with Crippen molar-refractivity contribution in [2.75, 3.05) is 0 Å². The van der Waals surface area contributed by atoms with Gasteiger partial charge in [-0.1, -0.05) is 264 Å². The molecule has 382 valence electrons. The summed E-state index contributed by atoms with van der Waals surface area (Å²) in [5.74, 6) is 0. The first-order valence-corrected chi connectivity index (χ1v) is 30.3. The third-order valence-electron chi connectivity index (χ3n) is 19.3. The molecule has 0 bridgehead atoms. The molecule has 0 atom stereocenters. The summed E-state index contributed by atoms with van der Waals surface area (Å²) in [4.78, 5) is 0. The molecule has 11 aromatic rings. The maximum Gasteiger partial charge on any atom is 0.0215 e. The predicted molar refractivity (Wildman–Crippen MR) is 332 cm³/mol. The second-order valence-corrected chi connectivity index (χ2v) is 23.8. The molecule has 0 amide bonds. The van der Waals surface area contributed by atoms with Gasteiger partial charge in [-0.2, -0.15) is 0 Å². The average Bonchev–Trinajstić information content (AvgIpc) is 3.88. The van der Waals surface area contributed by atoms with Gasteiger partial charge >= 0.3 is 0 Å². The first-order chi connectivity index (χ1) is 37.5. The Labute approximate surface area is 453 Å². The maximum atomic E-state index is 2.83. The monoisotopic (exact) mass is 991 g/mol. The Morgan fingerprint density at radius 2 is 0.553 bits per heavy atom. The van der Waals surface area contributed by atoms with Crippen LogP contribution < -0.4 is 0 Å². The minimum atomic E-state index is -0.0453. The zero-order valence-corrected chi connectivity index (χ0v) is 46.2. The van der Waals surface area contributed by atoms with E-state index in [4.69, 9.17) is 0 Å². The summed E-state index contributed by atoms with van der Waals surface area (Å²) < 4.78 is 0. The highest BCUT2D eigenvalue weighted by Gasteiger charge is 2.48. The molecule has 0 spiro atoms. The number of benzene rings is 11. The number of unbranched alkanes of at least 4 members (excludes halogenated alkanes) is 12. The second kappa shape index (κ2) is 20.5. The largest absolute Gasteiger partial charge is 0.0654 e. The molecule has 13 rings (SSSR count). The topological polar surface area (TPSA) is 0 Å². The van der Waals surface area contributed by atoms with Crippen LogP contribution in [0.15, 0.2) is 158 Å². The van der Waals surface area contributed by atoms with Crippen LogP contribution in [0, 0.1) is 0 Å². The molecule has 0 aliphatic heterocycles. The molecule has 0 saturated carbocycles. The highest BCUT2D eigenvalue weighted by molar-refractivity contribution is 6.26. The molecule has 0 nitrogen and oxygen atoms in total. The van der Waals surface area contributed by atoms with Crippen LogP contribution in [0.5, 0.6) is 0 Å². The third-order valence-corrected chi connectivity index (χ3v) is 19.3. The van der Waals surface area contributed by atoms with E-state index in [9.17, 15) is 0 Å². The fraction of sp³-hybridized carbons (Fsp3) is 0.342. The molecule has 0 radical (unpaired) electrons. The quantitative estimate of drug-likeness (QED) is 0.0469. The van der Waals surface area contributed by atoms with Crippen LogP contribution in [0.1, 0.15) is 178 Å². The van der Waals surface area contributed by atoms with E-state index in [2.05, 4.69) is 185 Å². The molecule has 11 aromatic carbocycles. The highest BCUT2D eigenvalue weighted by Crippen LogP contribution is 2.62. The fourth-order valence-electron chi connectivity index (χ4n) is 15.5. The number of rotatable bonds is 22. The van der Waals surface area contributed by atoms with Crippen molar-refractivity contribution < 1.29 is 0 Å². The standard InChI is InChI=1S/C76H78/c1-5-9-13-17-43-75(44-18-14-10-6-2)67-47-57(59-37-31-55-29-27-51-23-21-25-53-33-41-63(59)73(55)71(51)53)35-39-61(67)65-50-70-66(49-69(65)75)62-40-36-58(48-68(62)76(70,45-19-15-11-7-3)46-20-16-12-8-4)60-38-32-56-30-28-52-24-22-26-54-34-42-64(60)74(56)72(52)54/h21-42,47-50H,5-20,43-46H2,1-4H3. The van der Waals surface area contributed by atoms with Gasteiger partial charge in [0.1, 0.15) is 0 Å². The van der Waals surface area contributed by atoms with E-state index in [0.29, 0.717) is 0 Å². The Morgan fingerprint density at radius 1 is 0.250 bits per heavy atom. The minimum Gasteiger partial charge on any atom is -0.0654 e. The van der Waals surface area contributed by atoms with Crippen molar-refractivity contribution in [1.82, 2.24) is 0 Å². The van der Waals surface area contributed by atoms with Gasteiger partial charge in [0, 0.05) is 10.8 Å². The molecule has 0 fully saturated rings. The zero-order chi connectivity index (χ0) is 51.4. The lowest BCUT2D eigenvalue weighted by Crippen LogP contribution is -2.27. The van der Waals surface area contributed by atoms with Gasteiger partial charge in [0.05, 0.1) is 0 Å². The van der Waals surface area contributed by atoms with Crippen molar-refractivity contribution in [3.63, 3.8) is 0 Å². The molecule has 2 aliphatic carbocycles. The lowest BCUT2D eigenvalue weighted by Gasteiger charge is -2.35. The lowest BCUT2D eigenvalue weighted by molar-refractivity contribution is 0.397.